The molecule has 0 spiro atoms. The molecular weight excluding hydrogens is 302 g/mol. The lowest BCUT2D eigenvalue weighted by molar-refractivity contribution is 0.0782. The van der Waals surface area contributed by atoms with E-state index in [2.05, 4.69) is 22.0 Å². The van der Waals surface area contributed by atoms with E-state index in [1.807, 2.05) is 30.0 Å². The van der Waals surface area contributed by atoms with Gasteiger partial charge in [-0.2, -0.15) is 0 Å². The van der Waals surface area contributed by atoms with Crippen molar-refractivity contribution in [1.29, 1.82) is 0 Å². The maximum atomic E-state index is 12.7. The molecule has 3 heterocycles. The van der Waals surface area contributed by atoms with Crippen molar-refractivity contribution in [3.63, 3.8) is 0 Å². The predicted molar refractivity (Wildman–Crippen MR) is 93.4 cm³/mol. The fraction of sp³-hybridized carbons (Fsp3) is 0.368. The number of aromatic nitrogens is 1. The van der Waals surface area contributed by atoms with Crippen LogP contribution in [-0.2, 0) is 0 Å². The second kappa shape index (κ2) is 5.82. The van der Waals surface area contributed by atoms with Crippen molar-refractivity contribution in [2.75, 3.05) is 24.5 Å². The first kappa shape index (κ1) is 15.0. The number of benzene rings is 1. The minimum atomic E-state index is -0.294. The van der Waals surface area contributed by atoms with Crippen LogP contribution in [0, 0.1) is 12.8 Å². The molecule has 1 aromatic carbocycles. The molecule has 1 amide bonds. The number of H-pyrrole nitrogens is 1. The Labute approximate surface area is 140 Å². The molecule has 0 radical (unpaired) electrons. The van der Waals surface area contributed by atoms with E-state index in [0.717, 1.165) is 25.2 Å². The van der Waals surface area contributed by atoms with Gasteiger partial charge >= 0.3 is 0 Å². The van der Waals surface area contributed by atoms with Gasteiger partial charge in [-0.25, -0.2) is 0 Å². The van der Waals surface area contributed by atoms with Crippen LogP contribution in [0.3, 0.4) is 0 Å². The maximum Gasteiger partial charge on any atom is 0.260 e. The van der Waals surface area contributed by atoms with Crippen LogP contribution in [0.15, 0.2) is 47.3 Å². The summed E-state index contributed by atoms with van der Waals surface area (Å²) in [5.74, 6) is 0.331. The number of rotatable bonds is 2. The van der Waals surface area contributed by atoms with Crippen molar-refractivity contribution < 1.29 is 4.79 Å². The molecular formula is C19H21N3O2. The van der Waals surface area contributed by atoms with Gasteiger partial charge in [-0.3, -0.25) is 9.59 Å². The van der Waals surface area contributed by atoms with Gasteiger partial charge in [0.2, 0.25) is 0 Å². The van der Waals surface area contributed by atoms with Gasteiger partial charge in [0.05, 0.1) is 6.04 Å². The van der Waals surface area contributed by atoms with Gasteiger partial charge in [0.1, 0.15) is 5.56 Å². The van der Waals surface area contributed by atoms with E-state index in [9.17, 15) is 9.59 Å². The second-order valence-electron chi connectivity index (χ2n) is 6.74. The highest BCUT2D eigenvalue weighted by atomic mass is 16.2. The predicted octanol–water partition coefficient (Wildman–Crippen LogP) is 2.03. The van der Waals surface area contributed by atoms with E-state index in [-0.39, 0.29) is 17.0 Å². The molecule has 2 aromatic rings. The smallest absolute Gasteiger partial charge is 0.260 e. The van der Waals surface area contributed by atoms with Crippen LogP contribution < -0.4 is 10.5 Å². The molecule has 2 aliphatic heterocycles. The Balaban J connectivity index is 1.54. The quantitative estimate of drug-likeness (QED) is 0.920. The highest BCUT2D eigenvalue weighted by Gasteiger charge is 2.43. The fourth-order valence-corrected chi connectivity index (χ4v) is 3.98. The van der Waals surface area contributed by atoms with Gasteiger partial charge in [-0.05, 0) is 37.6 Å². The molecule has 1 N–H and O–H groups in total. The Bertz CT molecular complexity index is 815. The number of aryl methyl sites for hydroxylation is 1. The van der Waals surface area contributed by atoms with Crippen molar-refractivity contribution in [3.05, 3.63) is 64.1 Å². The van der Waals surface area contributed by atoms with Gasteiger partial charge in [0.15, 0.2) is 0 Å². The van der Waals surface area contributed by atoms with Crippen LogP contribution in [0.25, 0.3) is 0 Å². The lowest BCUT2D eigenvalue weighted by Crippen LogP contribution is -2.38. The molecule has 2 saturated heterocycles. The maximum absolute atomic E-state index is 12.7. The molecule has 124 valence electrons. The Morgan fingerprint density at radius 3 is 2.67 bits per heavy atom. The third-order valence-corrected chi connectivity index (χ3v) is 5.21. The van der Waals surface area contributed by atoms with Gasteiger partial charge < -0.3 is 14.8 Å². The standard InChI is InChI=1S/C19H21N3O2/c1-13-7-8-16(18(23)20-13)19(24)21-11-14-9-10-22(17(14)12-21)15-5-3-2-4-6-15/h2-8,14,17H,9-12H2,1H3,(H,20,23)/t14-,17-/m0/s1. The monoisotopic (exact) mass is 323 g/mol. The third kappa shape index (κ3) is 2.50. The SMILES string of the molecule is Cc1ccc(C(=O)N2C[C@@H]3CCN(c4ccccc4)[C@H]3C2)c(=O)[nH]1. The molecule has 0 aliphatic carbocycles. The van der Waals surface area contributed by atoms with E-state index in [1.165, 1.54) is 5.69 Å². The zero-order valence-corrected chi connectivity index (χ0v) is 13.7. The van der Waals surface area contributed by atoms with Crippen LogP contribution >= 0.6 is 0 Å². The largest absolute Gasteiger partial charge is 0.366 e. The number of likely N-dealkylation sites (tertiary alicyclic amines) is 1. The number of para-hydroxylation sites is 1. The summed E-state index contributed by atoms with van der Waals surface area (Å²) in [5, 5.41) is 0. The number of carbonyl (C=O) groups is 1. The summed E-state index contributed by atoms with van der Waals surface area (Å²) in [4.78, 5) is 31.8. The lowest BCUT2D eigenvalue weighted by atomic mass is 10.1. The molecule has 0 saturated carbocycles. The van der Waals surface area contributed by atoms with E-state index in [4.69, 9.17) is 0 Å². The lowest BCUT2D eigenvalue weighted by Gasteiger charge is -2.26. The highest BCUT2D eigenvalue weighted by molar-refractivity contribution is 5.94. The van der Waals surface area contributed by atoms with E-state index in [0.29, 0.717) is 18.5 Å². The normalized spacial score (nSPS) is 22.7. The van der Waals surface area contributed by atoms with Gasteiger partial charge in [0, 0.05) is 36.9 Å². The van der Waals surface area contributed by atoms with Crippen molar-refractivity contribution in [2.24, 2.45) is 5.92 Å². The first-order chi connectivity index (χ1) is 11.6. The Morgan fingerprint density at radius 2 is 1.92 bits per heavy atom. The zero-order chi connectivity index (χ0) is 16.7. The zero-order valence-electron chi connectivity index (χ0n) is 13.7. The molecule has 5 nitrogen and oxygen atoms in total. The van der Waals surface area contributed by atoms with E-state index < -0.39 is 0 Å². The molecule has 1 aromatic heterocycles. The minimum absolute atomic E-state index is 0.154. The number of pyridine rings is 1. The van der Waals surface area contributed by atoms with Gasteiger partial charge in [0.25, 0.3) is 11.5 Å². The Kier molecular flexibility index (Phi) is 3.63. The number of nitrogens with zero attached hydrogens (tertiary/aromatic N) is 2. The number of aromatic amines is 1. The van der Waals surface area contributed by atoms with E-state index >= 15 is 0 Å². The number of fused-ring (bicyclic) bond motifs is 1. The third-order valence-electron chi connectivity index (χ3n) is 5.21. The first-order valence-electron chi connectivity index (χ1n) is 8.44. The van der Waals surface area contributed by atoms with Crippen LogP contribution in [-0.4, -0.2) is 41.5 Å². The summed E-state index contributed by atoms with van der Waals surface area (Å²) in [7, 11) is 0. The summed E-state index contributed by atoms with van der Waals surface area (Å²) in [5.41, 5.74) is 1.93. The molecule has 0 bridgehead atoms. The highest BCUT2D eigenvalue weighted by Crippen LogP contribution is 2.35. The molecule has 0 unspecified atom stereocenters. The average molecular weight is 323 g/mol. The van der Waals surface area contributed by atoms with Crippen molar-refractivity contribution >= 4 is 11.6 Å². The molecule has 2 fully saturated rings. The number of anilines is 1. The summed E-state index contributed by atoms with van der Waals surface area (Å²) in [6.07, 6.45) is 1.09. The minimum Gasteiger partial charge on any atom is -0.366 e. The van der Waals surface area contributed by atoms with Gasteiger partial charge in [-0.1, -0.05) is 18.2 Å². The summed E-state index contributed by atoms with van der Waals surface area (Å²) >= 11 is 0. The molecule has 24 heavy (non-hydrogen) atoms. The van der Waals surface area contributed by atoms with Gasteiger partial charge in [-0.15, -0.1) is 0 Å². The fourth-order valence-electron chi connectivity index (χ4n) is 3.98. The Hall–Kier alpha value is -2.56. The number of carbonyl (C=O) groups excluding carboxylic acids is 1. The summed E-state index contributed by atoms with van der Waals surface area (Å²) in [6.45, 7) is 4.27. The molecule has 4 rings (SSSR count). The number of hydrogen-bond donors (Lipinski definition) is 1. The van der Waals surface area contributed by atoms with Crippen molar-refractivity contribution in [3.8, 4) is 0 Å². The number of nitrogens with one attached hydrogen (secondary N) is 1. The second-order valence-corrected chi connectivity index (χ2v) is 6.74. The van der Waals surface area contributed by atoms with Crippen molar-refractivity contribution in [2.45, 2.75) is 19.4 Å². The van der Waals surface area contributed by atoms with Crippen LogP contribution in [0.4, 0.5) is 5.69 Å². The van der Waals surface area contributed by atoms with Crippen LogP contribution in [0.2, 0.25) is 0 Å². The first-order valence-corrected chi connectivity index (χ1v) is 8.44. The molecule has 5 heteroatoms. The number of hydrogen-bond acceptors (Lipinski definition) is 3. The Morgan fingerprint density at radius 1 is 1.12 bits per heavy atom. The topological polar surface area (TPSA) is 56.4 Å². The van der Waals surface area contributed by atoms with Crippen LogP contribution in [0.1, 0.15) is 22.5 Å². The molecule has 2 aliphatic rings. The average Bonchev–Trinajstić information content (AvgIpc) is 3.15. The number of amides is 1. The van der Waals surface area contributed by atoms with Crippen LogP contribution in [0.5, 0.6) is 0 Å². The molecule has 2 atom stereocenters. The van der Waals surface area contributed by atoms with E-state index in [1.54, 1.807) is 12.1 Å². The summed E-state index contributed by atoms with van der Waals surface area (Å²) in [6, 6.07) is 14.1. The summed E-state index contributed by atoms with van der Waals surface area (Å²) < 4.78 is 0. The van der Waals surface area contributed by atoms with Crippen molar-refractivity contribution in [1.82, 2.24) is 9.88 Å².